The van der Waals surface area contributed by atoms with Crippen molar-refractivity contribution in [2.75, 3.05) is 0 Å². The Kier molecular flexibility index (Phi) is 4.19. The molecule has 1 atom stereocenters. The summed E-state index contributed by atoms with van der Waals surface area (Å²) in [6.07, 6.45) is 3.44. The highest BCUT2D eigenvalue weighted by Crippen LogP contribution is 2.21. The standard InChI is InChI=1S/C20H18FN5O/c1-12(16-11-23-26(13(16)2)19-5-3-4-8-22-19)24-20(27)18-10-14-9-15(21)6-7-17(14)25-18/h3-12,25H,1-2H3,(H,24,27)/t12-/m1/s1. The minimum absolute atomic E-state index is 0.252. The normalized spacial score (nSPS) is 12.3. The second-order valence-electron chi connectivity index (χ2n) is 6.39. The van der Waals surface area contributed by atoms with E-state index in [9.17, 15) is 9.18 Å². The first-order chi connectivity index (χ1) is 13.0. The number of carbonyl (C=O) groups excluding carboxylic acids is 1. The number of pyridine rings is 1. The van der Waals surface area contributed by atoms with Gasteiger partial charge in [0.25, 0.3) is 5.91 Å². The third-order valence-corrected chi connectivity index (χ3v) is 4.56. The van der Waals surface area contributed by atoms with E-state index in [1.54, 1.807) is 29.2 Å². The number of aromatic nitrogens is 4. The zero-order valence-electron chi connectivity index (χ0n) is 14.9. The summed E-state index contributed by atoms with van der Waals surface area (Å²) in [6, 6.07) is 11.4. The smallest absolute Gasteiger partial charge is 0.268 e. The summed E-state index contributed by atoms with van der Waals surface area (Å²) in [6.45, 7) is 3.83. The summed E-state index contributed by atoms with van der Waals surface area (Å²) < 4.78 is 15.1. The topological polar surface area (TPSA) is 75.6 Å². The van der Waals surface area contributed by atoms with Crippen LogP contribution in [0, 0.1) is 12.7 Å². The van der Waals surface area contributed by atoms with Crippen molar-refractivity contribution in [3.05, 3.63) is 77.6 Å². The van der Waals surface area contributed by atoms with E-state index in [1.165, 1.54) is 12.1 Å². The third-order valence-electron chi connectivity index (χ3n) is 4.56. The van der Waals surface area contributed by atoms with E-state index in [4.69, 9.17) is 0 Å². The molecule has 2 N–H and O–H groups in total. The first-order valence-corrected chi connectivity index (χ1v) is 8.58. The molecule has 0 spiro atoms. The number of aromatic amines is 1. The van der Waals surface area contributed by atoms with Gasteiger partial charge in [0.15, 0.2) is 5.82 Å². The zero-order valence-corrected chi connectivity index (χ0v) is 14.9. The Morgan fingerprint density at radius 2 is 2.11 bits per heavy atom. The average molecular weight is 363 g/mol. The molecule has 0 unspecified atom stereocenters. The second kappa shape index (κ2) is 6.68. The average Bonchev–Trinajstić information content (AvgIpc) is 3.25. The van der Waals surface area contributed by atoms with Gasteiger partial charge in [-0.05, 0) is 50.2 Å². The number of carbonyl (C=O) groups is 1. The molecular formula is C20H18FN5O. The van der Waals surface area contributed by atoms with Gasteiger partial charge in [-0.25, -0.2) is 14.1 Å². The molecule has 1 aromatic carbocycles. The van der Waals surface area contributed by atoms with Gasteiger partial charge in [0.1, 0.15) is 11.5 Å². The molecule has 3 heterocycles. The van der Waals surface area contributed by atoms with Crippen LogP contribution < -0.4 is 5.32 Å². The molecule has 7 heteroatoms. The van der Waals surface area contributed by atoms with E-state index in [0.29, 0.717) is 16.6 Å². The number of benzene rings is 1. The van der Waals surface area contributed by atoms with E-state index < -0.39 is 0 Å². The van der Waals surface area contributed by atoms with Gasteiger partial charge < -0.3 is 10.3 Å². The van der Waals surface area contributed by atoms with E-state index in [2.05, 4.69) is 20.4 Å². The number of H-pyrrole nitrogens is 1. The number of halogens is 1. The predicted octanol–water partition coefficient (Wildman–Crippen LogP) is 3.69. The van der Waals surface area contributed by atoms with E-state index in [0.717, 1.165) is 17.1 Å². The molecule has 0 saturated carbocycles. The number of nitrogens with one attached hydrogen (secondary N) is 2. The van der Waals surface area contributed by atoms with Crippen LogP contribution in [0.15, 0.2) is 54.9 Å². The van der Waals surface area contributed by atoms with Crippen LogP contribution in [0.25, 0.3) is 16.7 Å². The van der Waals surface area contributed by atoms with E-state index >= 15 is 0 Å². The maximum absolute atomic E-state index is 13.3. The summed E-state index contributed by atoms with van der Waals surface area (Å²) in [5.74, 6) is 0.126. The van der Waals surface area contributed by atoms with Crippen LogP contribution >= 0.6 is 0 Å². The quantitative estimate of drug-likeness (QED) is 0.581. The van der Waals surface area contributed by atoms with Crippen molar-refractivity contribution in [2.24, 2.45) is 0 Å². The van der Waals surface area contributed by atoms with Crippen molar-refractivity contribution in [3.63, 3.8) is 0 Å². The zero-order chi connectivity index (χ0) is 19.0. The Hall–Kier alpha value is -3.48. The summed E-state index contributed by atoms with van der Waals surface area (Å²) in [5, 5.41) is 8.00. The Balaban J connectivity index is 1.55. The third kappa shape index (κ3) is 3.19. The molecule has 4 aromatic rings. The van der Waals surface area contributed by atoms with Crippen molar-refractivity contribution in [2.45, 2.75) is 19.9 Å². The molecular weight excluding hydrogens is 345 g/mol. The highest BCUT2D eigenvalue weighted by molar-refractivity contribution is 5.98. The van der Waals surface area contributed by atoms with Crippen LogP contribution in [0.4, 0.5) is 4.39 Å². The van der Waals surface area contributed by atoms with Crippen LogP contribution in [0.3, 0.4) is 0 Å². The molecule has 0 bridgehead atoms. The Labute approximate surface area is 155 Å². The molecule has 3 aromatic heterocycles. The molecule has 136 valence electrons. The van der Waals surface area contributed by atoms with Crippen LogP contribution in [0.5, 0.6) is 0 Å². The molecule has 4 rings (SSSR count). The second-order valence-corrected chi connectivity index (χ2v) is 6.39. The maximum atomic E-state index is 13.3. The number of hydrogen-bond acceptors (Lipinski definition) is 3. The lowest BCUT2D eigenvalue weighted by Gasteiger charge is -2.13. The van der Waals surface area contributed by atoms with Gasteiger partial charge in [0.2, 0.25) is 0 Å². The molecule has 1 amide bonds. The number of amides is 1. The van der Waals surface area contributed by atoms with Gasteiger partial charge in [-0.15, -0.1) is 0 Å². The lowest BCUT2D eigenvalue weighted by atomic mass is 10.1. The lowest BCUT2D eigenvalue weighted by molar-refractivity contribution is 0.0935. The fourth-order valence-electron chi connectivity index (χ4n) is 3.14. The van der Waals surface area contributed by atoms with Gasteiger partial charge in [-0.2, -0.15) is 5.10 Å². The minimum Gasteiger partial charge on any atom is -0.351 e. The number of nitrogens with zero attached hydrogens (tertiary/aromatic N) is 3. The molecule has 0 radical (unpaired) electrons. The summed E-state index contributed by atoms with van der Waals surface area (Å²) in [7, 11) is 0. The summed E-state index contributed by atoms with van der Waals surface area (Å²) in [4.78, 5) is 19.9. The van der Waals surface area contributed by atoms with Crippen LogP contribution in [0.1, 0.15) is 34.7 Å². The first kappa shape index (κ1) is 17.0. The highest BCUT2D eigenvalue weighted by Gasteiger charge is 2.18. The molecule has 0 fully saturated rings. The molecule has 27 heavy (non-hydrogen) atoms. The van der Waals surface area contributed by atoms with Gasteiger partial charge in [-0.1, -0.05) is 6.07 Å². The lowest BCUT2D eigenvalue weighted by Crippen LogP contribution is -2.27. The summed E-state index contributed by atoms with van der Waals surface area (Å²) >= 11 is 0. The van der Waals surface area contributed by atoms with Gasteiger partial charge >= 0.3 is 0 Å². The van der Waals surface area contributed by atoms with Crippen molar-refractivity contribution in [1.82, 2.24) is 25.1 Å². The fraction of sp³-hybridized carbons (Fsp3) is 0.150. The van der Waals surface area contributed by atoms with E-state index in [-0.39, 0.29) is 17.8 Å². The van der Waals surface area contributed by atoms with Crippen molar-refractivity contribution in [3.8, 4) is 5.82 Å². The van der Waals surface area contributed by atoms with Crippen molar-refractivity contribution < 1.29 is 9.18 Å². The number of hydrogen-bond donors (Lipinski definition) is 2. The molecule has 0 aliphatic rings. The monoisotopic (exact) mass is 363 g/mol. The predicted molar refractivity (Wildman–Crippen MR) is 100 cm³/mol. The highest BCUT2D eigenvalue weighted by atomic mass is 19.1. The van der Waals surface area contributed by atoms with Crippen molar-refractivity contribution in [1.29, 1.82) is 0 Å². The molecule has 6 nitrogen and oxygen atoms in total. The maximum Gasteiger partial charge on any atom is 0.268 e. The molecule has 0 saturated heterocycles. The Morgan fingerprint density at radius 1 is 1.26 bits per heavy atom. The van der Waals surface area contributed by atoms with Gasteiger partial charge in [0, 0.05) is 28.4 Å². The molecule has 0 aliphatic heterocycles. The van der Waals surface area contributed by atoms with E-state index in [1.807, 2.05) is 32.0 Å². The Bertz CT molecular complexity index is 1120. The number of fused-ring (bicyclic) bond motifs is 1. The van der Waals surface area contributed by atoms with Gasteiger partial charge in [-0.3, -0.25) is 4.79 Å². The van der Waals surface area contributed by atoms with Gasteiger partial charge in [0.05, 0.1) is 12.2 Å². The molecule has 0 aliphatic carbocycles. The van der Waals surface area contributed by atoms with Crippen LogP contribution in [-0.2, 0) is 0 Å². The van der Waals surface area contributed by atoms with Crippen LogP contribution in [-0.4, -0.2) is 25.7 Å². The van der Waals surface area contributed by atoms with Crippen LogP contribution in [0.2, 0.25) is 0 Å². The summed E-state index contributed by atoms with van der Waals surface area (Å²) in [5.41, 5.74) is 2.90. The minimum atomic E-state index is -0.334. The van der Waals surface area contributed by atoms with Crippen molar-refractivity contribution >= 4 is 16.8 Å². The first-order valence-electron chi connectivity index (χ1n) is 8.58. The number of rotatable bonds is 4. The largest absolute Gasteiger partial charge is 0.351 e. The fourth-order valence-corrected chi connectivity index (χ4v) is 3.14. The Morgan fingerprint density at radius 3 is 2.89 bits per heavy atom. The SMILES string of the molecule is Cc1c([C@@H](C)NC(=O)c2cc3cc(F)ccc3[nH]2)cnn1-c1ccccn1.